The summed E-state index contributed by atoms with van der Waals surface area (Å²) in [6, 6.07) is 3.93. The highest BCUT2D eigenvalue weighted by atomic mass is 35.5. The number of phenolic OH excluding ortho intramolecular Hbond substituents is 1. The zero-order valence-corrected chi connectivity index (χ0v) is 13.9. The molecule has 1 aromatic heterocycles. The summed E-state index contributed by atoms with van der Waals surface area (Å²) >= 11 is 5.94. The van der Waals surface area contributed by atoms with Crippen molar-refractivity contribution in [2.75, 3.05) is 17.2 Å². The van der Waals surface area contributed by atoms with E-state index in [-0.39, 0.29) is 11.2 Å². The van der Waals surface area contributed by atoms with Crippen LogP contribution < -0.4 is 10.6 Å². The summed E-state index contributed by atoms with van der Waals surface area (Å²) in [6.07, 6.45) is 6.27. The van der Waals surface area contributed by atoms with Crippen LogP contribution in [0.1, 0.15) is 32.1 Å². The number of aromatic hydroxyl groups is 1. The van der Waals surface area contributed by atoms with Crippen LogP contribution in [0, 0.1) is 11.7 Å². The first kappa shape index (κ1) is 16.7. The van der Waals surface area contributed by atoms with Crippen molar-refractivity contribution in [3.05, 3.63) is 29.3 Å². The van der Waals surface area contributed by atoms with Crippen LogP contribution in [0.15, 0.2) is 18.2 Å². The van der Waals surface area contributed by atoms with Gasteiger partial charge in [-0.1, -0.05) is 19.3 Å². The van der Waals surface area contributed by atoms with E-state index >= 15 is 0 Å². The Morgan fingerprint density at radius 1 is 1.12 bits per heavy atom. The van der Waals surface area contributed by atoms with Gasteiger partial charge in [0.2, 0.25) is 17.2 Å². The fraction of sp³-hybridized carbons (Fsp3) is 0.438. The van der Waals surface area contributed by atoms with Crippen molar-refractivity contribution in [2.24, 2.45) is 5.92 Å². The molecule has 24 heavy (non-hydrogen) atoms. The van der Waals surface area contributed by atoms with E-state index in [1.807, 2.05) is 0 Å². The lowest BCUT2D eigenvalue weighted by Crippen LogP contribution is -2.18. The van der Waals surface area contributed by atoms with E-state index < -0.39 is 11.6 Å². The third-order valence-corrected chi connectivity index (χ3v) is 4.25. The molecule has 0 bridgehead atoms. The monoisotopic (exact) mass is 351 g/mol. The van der Waals surface area contributed by atoms with E-state index in [9.17, 15) is 9.50 Å². The number of benzene rings is 1. The molecule has 0 atom stereocenters. The molecule has 0 spiro atoms. The summed E-state index contributed by atoms with van der Waals surface area (Å²) in [7, 11) is 0. The van der Waals surface area contributed by atoms with Crippen molar-refractivity contribution >= 4 is 29.2 Å². The first-order valence-electron chi connectivity index (χ1n) is 8.01. The molecule has 2 aromatic rings. The first-order valence-corrected chi connectivity index (χ1v) is 8.39. The highest BCUT2D eigenvalue weighted by molar-refractivity contribution is 6.28. The van der Waals surface area contributed by atoms with E-state index in [0.717, 1.165) is 12.6 Å². The lowest BCUT2D eigenvalue weighted by molar-refractivity contribution is 0.373. The zero-order valence-electron chi connectivity index (χ0n) is 13.1. The lowest BCUT2D eigenvalue weighted by Gasteiger charge is -2.21. The number of halogens is 2. The number of phenols is 1. The molecule has 0 aliphatic heterocycles. The number of anilines is 3. The summed E-state index contributed by atoms with van der Waals surface area (Å²) in [6.45, 7) is 0.799. The standard InChI is InChI=1S/C16H19ClFN5O/c17-14-21-15(19-9-10-4-2-1-3-5-10)23-16(22-14)20-11-6-7-13(24)12(18)8-11/h6-8,10,24H,1-5,9H2,(H2,19,20,21,22,23). The van der Waals surface area contributed by atoms with Crippen molar-refractivity contribution in [1.29, 1.82) is 0 Å². The molecule has 8 heteroatoms. The molecule has 3 N–H and O–H groups in total. The van der Waals surface area contributed by atoms with Gasteiger partial charge in [-0.05, 0) is 42.5 Å². The Kier molecular flexibility index (Phi) is 5.30. The van der Waals surface area contributed by atoms with Gasteiger partial charge >= 0.3 is 0 Å². The summed E-state index contributed by atoms with van der Waals surface area (Å²) < 4.78 is 13.4. The van der Waals surface area contributed by atoms with Crippen LogP contribution in [0.25, 0.3) is 0 Å². The van der Waals surface area contributed by atoms with Crippen LogP contribution in [0.4, 0.5) is 22.0 Å². The number of hydrogen-bond donors (Lipinski definition) is 3. The van der Waals surface area contributed by atoms with Crippen LogP contribution in [0.3, 0.4) is 0 Å². The van der Waals surface area contributed by atoms with E-state index in [1.165, 1.54) is 44.2 Å². The van der Waals surface area contributed by atoms with Crippen molar-refractivity contribution in [3.8, 4) is 5.75 Å². The number of nitrogens with zero attached hydrogens (tertiary/aromatic N) is 3. The lowest BCUT2D eigenvalue weighted by atomic mass is 9.89. The van der Waals surface area contributed by atoms with Gasteiger partial charge in [-0.3, -0.25) is 0 Å². The summed E-state index contributed by atoms with van der Waals surface area (Å²) in [5.41, 5.74) is 0.408. The number of rotatable bonds is 5. The van der Waals surface area contributed by atoms with Gasteiger partial charge in [-0.25, -0.2) is 4.39 Å². The van der Waals surface area contributed by atoms with Gasteiger partial charge < -0.3 is 15.7 Å². The van der Waals surface area contributed by atoms with E-state index in [4.69, 9.17) is 11.6 Å². The van der Waals surface area contributed by atoms with Crippen molar-refractivity contribution < 1.29 is 9.50 Å². The molecule has 1 saturated carbocycles. The van der Waals surface area contributed by atoms with E-state index in [1.54, 1.807) is 0 Å². The second kappa shape index (κ2) is 7.61. The van der Waals surface area contributed by atoms with Crippen LogP contribution >= 0.6 is 11.6 Å². The predicted octanol–water partition coefficient (Wildman–Crippen LogP) is 4.11. The van der Waals surface area contributed by atoms with Gasteiger partial charge in [0.1, 0.15) is 0 Å². The Hall–Kier alpha value is -2.15. The van der Waals surface area contributed by atoms with Crippen LogP contribution in [0.5, 0.6) is 5.75 Å². The molecular weight excluding hydrogens is 333 g/mol. The molecule has 3 rings (SSSR count). The highest BCUT2D eigenvalue weighted by Crippen LogP contribution is 2.24. The quantitative estimate of drug-likeness (QED) is 0.703. The topological polar surface area (TPSA) is 83.0 Å². The van der Waals surface area contributed by atoms with Gasteiger partial charge in [-0.15, -0.1) is 0 Å². The number of nitrogens with one attached hydrogen (secondary N) is 2. The SMILES string of the molecule is Oc1ccc(Nc2nc(Cl)nc(NCC3CCCCC3)n2)cc1F. The summed E-state index contributed by atoms with van der Waals surface area (Å²) in [4.78, 5) is 12.3. The second-order valence-electron chi connectivity index (χ2n) is 5.93. The average Bonchev–Trinajstić information content (AvgIpc) is 2.57. The molecular formula is C16H19ClFN5O. The number of hydrogen-bond acceptors (Lipinski definition) is 6. The highest BCUT2D eigenvalue weighted by Gasteiger charge is 2.14. The van der Waals surface area contributed by atoms with Crippen LogP contribution in [-0.4, -0.2) is 26.6 Å². The largest absolute Gasteiger partial charge is 0.505 e. The maximum atomic E-state index is 13.4. The third-order valence-electron chi connectivity index (χ3n) is 4.09. The third kappa shape index (κ3) is 4.44. The van der Waals surface area contributed by atoms with Gasteiger partial charge in [-0.2, -0.15) is 15.0 Å². The zero-order chi connectivity index (χ0) is 16.9. The van der Waals surface area contributed by atoms with Gasteiger partial charge in [0, 0.05) is 18.3 Å². The fourth-order valence-electron chi connectivity index (χ4n) is 2.83. The summed E-state index contributed by atoms with van der Waals surface area (Å²) in [5.74, 6) is 0.0883. The second-order valence-corrected chi connectivity index (χ2v) is 6.27. The Morgan fingerprint density at radius 3 is 2.62 bits per heavy atom. The normalized spacial score (nSPS) is 15.2. The minimum atomic E-state index is -0.726. The Bertz CT molecular complexity index is 709. The maximum absolute atomic E-state index is 13.4. The molecule has 1 aliphatic rings. The van der Waals surface area contributed by atoms with Crippen molar-refractivity contribution in [3.63, 3.8) is 0 Å². The molecule has 1 aromatic carbocycles. The fourth-order valence-corrected chi connectivity index (χ4v) is 2.99. The molecule has 0 amide bonds. The molecule has 1 fully saturated rings. The van der Waals surface area contributed by atoms with Crippen molar-refractivity contribution in [1.82, 2.24) is 15.0 Å². The van der Waals surface area contributed by atoms with Gasteiger partial charge in [0.25, 0.3) is 0 Å². The van der Waals surface area contributed by atoms with E-state index in [2.05, 4.69) is 25.6 Å². The maximum Gasteiger partial charge on any atom is 0.233 e. The smallest absolute Gasteiger partial charge is 0.233 e. The average molecular weight is 352 g/mol. The predicted molar refractivity (Wildman–Crippen MR) is 91.2 cm³/mol. The Labute approximate surface area is 144 Å². The molecule has 1 heterocycles. The molecule has 0 unspecified atom stereocenters. The molecule has 1 aliphatic carbocycles. The summed E-state index contributed by atoms with van der Waals surface area (Å²) in [5, 5.41) is 15.3. The van der Waals surface area contributed by atoms with Crippen LogP contribution in [-0.2, 0) is 0 Å². The van der Waals surface area contributed by atoms with Gasteiger partial charge in [0.05, 0.1) is 0 Å². The Balaban J connectivity index is 1.67. The molecule has 128 valence electrons. The van der Waals surface area contributed by atoms with Crippen molar-refractivity contribution in [2.45, 2.75) is 32.1 Å². The molecule has 0 radical (unpaired) electrons. The first-order chi connectivity index (χ1) is 11.6. The van der Waals surface area contributed by atoms with E-state index in [0.29, 0.717) is 17.6 Å². The van der Waals surface area contributed by atoms with Crippen LogP contribution in [0.2, 0.25) is 5.28 Å². The minimum Gasteiger partial charge on any atom is -0.505 e. The minimum absolute atomic E-state index is 0.0536. The molecule has 0 saturated heterocycles. The number of aromatic nitrogens is 3. The Morgan fingerprint density at radius 2 is 1.88 bits per heavy atom. The van der Waals surface area contributed by atoms with Gasteiger partial charge in [0.15, 0.2) is 11.6 Å². The molecule has 6 nitrogen and oxygen atoms in total.